The van der Waals surface area contributed by atoms with Gasteiger partial charge in [0.05, 0.1) is 6.10 Å². The van der Waals surface area contributed by atoms with Gasteiger partial charge in [-0.25, -0.2) is 4.79 Å². The van der Waals surface area contributed by atoms with Crippen LogP contribution in [0.1, 0.15) is 32.8 Å². The summed E-state index contributed by atoms with van der Waals surface area (Å²) < 4.78 is 0. The van der Waals surface area contributed by atoms with E-state index in [1.165, 1.54) is 5.56 Å². The number of benzene rings is 1. The van der Waals surface area contributed by atoms with Crippen LogP contribution in [0.3, 0.4) is 0 Å². The van der Waals surface area contributed by atoms with Crippen molar-refractivity contribution in [3.05, 3.63) is 35.9 Å². The average Bonchev–Trinajstić information content (AvgIpc) is 2.43. The largest absolute Gasteiger partial charge is 0.393 e. The normalized spacial score (nSPS) is 12.8. The molecule has 0 spiro atoms. The molecule has 1 atom stereocenters. The first-order chi connectivity index (χ1) is 9.33. The third-order valence-corrected chi connectivity index (χ3v) is 3.47. The van der Waals surface area contributed by atoms with E-state index in [0.717, 1.165) is 0 Å². The number of nitrogens with one attached hydrogen (secondary N) is 1. The van der Waals surface area contributed by atoms with E-state index in [1.807, 2.05) is 18.2 Å². The number of aliphatic hydroxyl groups excluding tert-OH is 1. The van der Waals surface area contributed by atoms with Crippen molar-refractivity contribution < 1.29 is 9.90 Å². The van der Waals surface area contributed by atoms with Gasteiger partial charge in [0.2, 0.25) is 0 Å². The summed E-state index contributed by atoms with van der Waals surface area (Å²) in [4.78, 5) is 13.6. The van der Waals surface area contributed by atoms with Crippen molar-refractivity contribution in [1.82, 2.24) is 10.2 Å². The van der Waals surface area contributed by atoms with Gasteiger partial charge < -0.3 is 15.3 Å². The molecule has 0 aliphatic carbocycles. The van der Waals surface area contributed by atoms with Gasteiger partial charge in [-0.05, 0) is 18.9 Å². The fourth-order valence-electron chi connectivity index (χ4n) is 1.90. The van der Waals surface area contributed by atoms with Crippen LogP contribution in [0, 0.1) is 0 Å². The zero-order valence-electron chi connectivity index (χ0n) is 12.9. The molecule has 1 aromatic carbocycles. The standard InChI is InChI=1S/C16H26N2O2/c1-13(19)10-11-18(4)15(20)17-12-16(2,3)14-8-6-5-7-9-14/h5-9,13,19H,10-12H2,1-4H3,(H,17,20). The molecule has 0 aliphatic heterocycles. The predicted octanol–water partition coefficient (Wildman–Crippen LogP) is 2.38. The Bertz CT molecular complexity index is 416. The van der Waals surface area contributed by atoms with Gasteiger partial charge in [0.25, 0.3) is 0 Å². The maximum Gasteiger partial charge on any atom is 0.317 e. The summed E-state index contributed by atoms with van der Waals surface area (Å²) in [5.74, 6) is 0. The first kappa shape index (κ1) is 16.5. The van der Waals surface area contributed by atoms with Gasteiger partial charge in [-0.1, -0.05) is 44.2 Å². The number of hydrogen-bond acceptors (Lipinski definition) is 2. The molecule has 2 amide bonds. The molecule has 0 aliphatic rings. The van der Waals surface area contributed by atoms with Crippen molar-refractivity contribution in [2.45, 2.75) is 38.7 Å². The second-order valence-corrected chi connectivity index (χ2v) is 5.97. The van der Waals surface area contributed by atoms with E-state index < -0.39 is 0 Å². The van der Waals surface area contributed by atoms with Gasteiger partial charge in [0, 0.05) is 25.6 Å². The van der Waals surface area contributed by atoms with Crippen LogP contribution in [-0.2, 0) is 5.41 Å². The van der Waals surface area contributed by atoms with Crippen LogP contribution < -0.4 is 5.32 Å². The van der Waals surface area contributed by atoms with Crippen molar-refractivity contribution in [2.75, 3.05) is 20.1 Å². The van der Waals surface area contributed by atoms with E-state index in [4.69, 9.17) is 0 Å². The smallest absolute Gasteiger partial charge is 0.317 e. The van der Waals surface area contributed by atoms with Crippen molar-refractivity contribution in [1.29, 1.82) is 0 Å². The van der Waals surface area contributed by atoms with Crippen molar-refractivity contribution in [2.24, 2.45) is 0 Å². The van der Waals surface area contributed by atoms with Gasteiger partial charge in [0.1, 0.15) is 0 Å². The summed E-state index contributed by atoms with van der Waals surface area (Å²) in [5, 5.41) is 12.2. The first-order valence-corrected chi connectivity index (χ1v) is 7.05. The number of aliphatic hydroxyl groups is 1. The van der Waals surface area contributed by atoms with Crippen molar-refractivity contribution >= 4 is 6.03 Å². The second kappa shape index (κ2) is 7.29. The van der Waals surface area contributed by atoms with Gasteiger partial charge >= 0.3 is 6.03 Å². The zero-order chi connectivity index (χ0) is 15.2. The van der Waals surface area contributed by atoms with E-state index in [-0.39, 0.29) is 17.6 Å². The number of carbonyl (C=O) groups excluding carboxylic acids is 1. The summed E-state index contributed by atoms with van der Waals surface area (Å²) in [6.45, 7) is 7.07. The Morgan fingerprint density at radius 2 is 1.95 bits per heavy atom. The molecule has 0 bridgehead atoms. The van der Waals surface area contributed by atoms with Gasteiger partial charge in [-0.2, -0.15) is 0 Å². The number of urea groups is 1. The molecule has 0 aromatic heterocycles. The SMILES string of the molecule is CC(O)CCN(C)C(=O)NCC(C)(C)c1ccccc1. The van der Waals surface area contributed by atoms with Gasteiger partial charge in [-0.3, -0.25) is 0 Å². The Kier molecular flexibility index (Phi) is 6.02. The molecule has 0 radical (unpaired) electrons. The fourth-order valence-corrected chi connectivity index (χ4v) is 1.90. The quantitative estimate of drug-likeness (QED) is 0.839. The van der Waals surface area contributed by atoms with Crippen LogP contribution >= 0.6 is 0 Å². The Hall–Kier alpha value is -1.55. The van der Waals surface area contributed by atoms with Gasteiger partial charge in [-0.15, -0.1) is 0 Å². The topological polar surface area (TPSA) is 52.6 Å². The zero-order valence-corrected chi connectivity index (χ0v) is 12.9. The highest BCUT2D eigenvalue weighted by atomic mass is 16.3. The number of amides is 2. The summed E-state index contributed by atoms with van der Waals surface area (Å²) in [6, 6.07) is 10.0. The van der Waals surface area contributed by atoms with Crippen LogP contribution in [0.4, 0.5) is 4.79 Å². The molecule has 2 N–H and O–H groups in total. The summed E-state index contributed by atoms with van der Waals surface area (Å²) in [5.41, 5.74) is 1.09. The Morgan fingerprint density at radius 1 is 1.35 bits per heavy atom. The number of carbonyl (C=O) groups is 1. The lowest BCUT2D eigenvalue weighted by molar-refractivity contribution is 0.163. The molecule has 112 valence electrons. The highest BCUT2D eigenvalue weighted by Gasteiger charge is 2.21. The van der Waals surface area contributed by atoms with Crippen LogP contribution in [0.2, 0.25) is 0 Å². The van der Waals surface area contributed by atoms with Crippen LogP contribution in [0.25, 0.3) is 0 Å². The molecule has 1 aromatic rings. The summed E-state index contributed by atoms with van der Waals surface area (Å²) in [7, 11) is 1.74. The van der Waals surface area contributed by atoms with Crippen LogP contribution in [0.5, 0.6) is 0 Å². The minimum absolute atomic E-state index is 0.102. The molecule has 20 heavy (non-hydrogen) atoms. The Balaban J connectivity index is 2.47. The highest BCUT2D eigenvalue weighted by molar-refractivity contribution is 5.73. The molecular weight excluding hydrogens is 252 g/mol. The Morgan fingerprint density at radius 3 is 2.50 bits per heavy atom. The maximum atomic E-state index is 12.0. The monoisotopic (exact) mass is 278 g/mol. The van der Waals surface area contributed by atoms with Crippen LogP contribution in [0.15, 0.2) is 30.3 Å². The summed E-state index contributed by atoms with van der Waals surface area (Å²) in [6.07, 6.45) is 0.206. The lowest BCUT2D eigenvalue weighted by Crippen LogP contribution is -2.43. The van der Waals surface area contributed by atoms with E-state index in [1.54, 1.807) is 18.9 Å². The van der Waals surface area contributed by atoms with Crippen molar-refractivity contribution in [3.8, 4) is 0 Å². The van der Waals surface area contributed by atoms with Crippen LogP contribution in [-0.4, -0.2) is 42.3 Å². The molecule has 4 heteroatoms. The highest BCUT2D eigenvalue weighted by Crippen LogP contribution is 2.21. The van der Waals surface area contributed by atoms with E-state index in [2.05, 4.69) is 31.3 Å². The fraction of sp³-hybridized carbons (Fsp3) is 0.562. The second-order valence-electron chi connectivity index (χ2n) is 5.97. The number of nitrogens with zero attached hydrogens (tertiary/aromatic N) is 1. The maximum absolute atomic E-state index is 12.0. The van der Waals surface area contributed by atoms with E-state index in [9.17, 15) is 9.90 Å². The lowest BCUT2D eigenvalue weighted by Gasteiger charge is -2.27. The minimum Gasteiger partial charge on any atom is -0.393 e. The van der Waals surface area contributed by atoms with Crippen molar-refractivity contribution in [3.63, 3.8) is 0 Å². The number of hydrogen-bond donors (Lipinski definition) is 2. The molecule has 1 unspecified atom stereocenters. The molecule has 0 heterocycles. The first-order valence-electron chi connectivity index (χ1n) is 7.05. The Labute approximate surface area is 121 Å². The molecule has 1 rings (SSSR count). The third kappa shape index (κ3) is 5.21. The molecule has 0 fully saturated rings. The predicted molar refractivity (Wildman–Crippen MR) is 81.8 cm³/mol. The van der Waals surface area contributed by atoms with E-state index >= 15 is 0 Å². The molecule has 0 saturated carbocycles. The average molecular weight is 278 g/mol. The minimum atomic E-state index is -0.383. The number of rotatable bonds is 6. The van der Waals surface area contributed by atoms with E-state index in [0.29, 0.717) is 19.5 Å². The summed E-state index contributed by atoms with van der Waals surface area (Å²) >= 11 is 0. The molecule has 4 nitrogen and oxygen atoms in total. The molecular formula is C16H26N2O2. The third-order valence-electron chi connectivity index (χ3n) is 3.47. The molecule has 0 saturated heterocycles. The van der Waals surface area contributed by atoms with Gasteiger partial charge in [0.15, 0.2) is 0 Å². The lowest BCUT2D eigenvalue weighted by atomic mass is 9.85.